The van der Waals surface area contributed by atoms with Gasteiger partial charge in [0.15, 0.2) is 0 Å². The van der Waals surface area contributed by atoms with Gasteiger partial charge in [-0.2, -0.15) is 0 Å². The van der Waals surface area contributed by atoms with E-state index in [4.69, 9.17) is 4.74 Å². The second-order valence-corrected chi connectivity index (χ2v) is 9.26. The number of nitrogens with zero attached hydrogens (tertiary/aromatic N) is 1. The molecule has 24 heavy (non-hydrogen) atoms. The third-order valence-corrected chi connectivity index (χ3v) is 7.11. The summed E-state index contributed by atoms with van der Waals surface area (Å²) in [6, 6.07) is 0. The van der Waals surface area contributed by atoms with Crippen molar-refractivity contribution in [2.75, 3.05) is 52.2 Å². The highest BCUT2D eigenvalue weighted by Crippen LogP contribution is 2.28. The monoisotopic (exact) mass is 361 g/mol. The molecular formula is C16H31N3O4S. The molecule has 1 amide bonds. The Balaban J connectivity index is 1.91. The molecular weight excluding hydrogens is 330 g/mol. The molecule has 0 aromatic heterocycles. The van der Waals surface area contributed by atoms with E-state index < -0.39 is 10.0 Å². The number of sulfonamides is 1. The summed E-state index contributed by atoms with van der Waals surface area (Å²) in [6.45, 7) is 5.58. The van der Waals surface area contributed by atoms with Crippen LogP contribution in [-0.4, -0.2) is 70.8 Å². The van der Waals surface area contributed by atoms with Crippen molar-refractivity contribution in [1.82, 2.24) is 14.9 Å². The van der Waals surface area contributed by atoms with Crippen LogP contribution < -0.4 is 10.6 Å². The Hall–Kier alpha value is -0.700. The van der Waals surface area contributed by atoms with E-state index in [0.29, 0.717) is 26.2 Å². The topological polar surface area (TPSA) is 87.7 Å². The lowest BCUT2D eigenvalue weighted by Crippen LogP contribution is -2.50. The molecule has 2 aliphatic rings. The van der Waals surface area contributed by atoms with Crippen LogP contribution in [-0.2, 0) is 19.6 Å². The summed E-state index contributed by atoms with van der Waals surface area (Å²) in [5, 5.41) is 6.41. The lowest BCUT2D eigenvalue weighted by molar-refractivity contribution is -0.127. The van der Waals surface area contributed by atoms with Crippen molar-refractivity contribution >= 4 is 15.9 Å². The molecule has 2 rings (SSSR count). The Kier molecular flexibility index (Phi) is 7.03. The zero-order chi connectivity index (χ0) is 17.6. The number of hydrogen-bond acceptors (Lipinski definition) is 5. The van der Waals surface area contributed by atoms with Crippen molar-refractivity contribution in [2.45, 2.75) is 32.6 Å². The van der Waals surface area contributed by atoms with Crippen LogP contribution in [0.15, 0.2) is 0 Å². The summed E-state index contributed by atoms with van der Waals surface area (Å²) >= 11 is 0. The van der Waals surface area contributed by atoms with Crippen molar-refractivity contribution in [3.05, 3.63) is 0 Å². The van der Waals surface area contributed by atoms with Crippen molar-refractivity contribution in [3.63, 3.8) is 0 Å². The fourth-order valence-corrected chi connectivity index (χ4v) is 4.83. The van der Waals surface area contributed by atoms with Crippen molar-refractivity contribution in [1.29, 1.82) is 0 Å². The maximum absolute atomic E-state index is 12.6. The van der Waals surface area contributed by atoms with Crippen LogP contribution in [0.2, 0.25) is 0 Å². The average molecular weight is 362 g/mol. The van der Waals surface area contributed by atoms with Gasteiger partial charge in [-0.05, 0) is 45.7 Å². The quantitative estimate of drug-likeness (QED) is 0.675. The molecule has 2 heterocycles. The number of carbonyl (C=O) groups is 1. The number of hydrogen-bond donors (Lipinski definition) is 2. The van der Waals surface area contributed by atoms with E-state index >= 15 is 0 Å². The fourth-order valence-electron chi connectivity index (χ4n) is 3.65. The molecule has 0 aromatic rings. The first kappa shape index (κ1) is 19.6. The summed E-state index contributed by atoms with van der Waals surface area (Å²) in [5.41, 5.74) is -0.0144. The molecule has 2 fully saturated rings. The van der Waals surface area contributed by atoms with Gasteiger partial charge in [0.05, 0.1) is 18.3 Å². The van der Waals surface area contributed by atoms with Crippen LogP contribution in [0.3, 0.4) is 0 Å². The average Bonchev–Trinajstić information content (AvgIpc) is 2.61. The Labute approximate surface area is 145 Å². The highest BCUT2D eigenvalue weighted by molar-refractivity contribution is 7.89. The van der Waals surface area contributed by atoms with E-state index in [-0.39, 0.29) is 23.0 Å². The number of amides is 1. The minimum Gasteiger partial charge on any atom is -0.384 e. The summed E-state index contributed by atoms with van der Waals surface area (Å²) in [7, 11) is -1.52. The van der Waals surface area contributed by atoms with Gasteiger partial charge >= 0.3 is 0 Å². The summed E-state index contributed by atoms with van der Waals surface area (Å²) in [6.07, 6.45) is 3.44. The smallest absolute Gasteiger partial charge is 0.224 e. The fraction of sp³-hybridized carbons (Fsp3) is 0.938. The summed E-state index contributed by atoms with van der Waals surface area (Å²) in [5.74, 6) is -0.188. The Bertz CT molecular complexity index is 512. The highest BCUT2D eigenvalue weighted by Gasteiger charge is 2.35. The maximum Gasteiger partial charge on any atom is 0.224 e. The molecule has 0 radical (unpaired) electrons. The van der Waals surface area contributed by atoms with E-state index in [0.717, 1.165) is 38.8 Å². The van der Waals surface area contributed by atoms with Gasteiger partial charge in [-0.3, -0.25) is 4.79 Å². The maximum atomic E-state index is 12.6. The second-order valence-electron chi connectivity index (χ2n) is 7.00. The lowest BCUT2D eigenvalue weighted by Gasteiger charge is -2.38. The molecule has 0 aromatic carbocycles. The van der Waals surface area contributed by atoms with E-state index in [2.05, 4.69) is 10.6 Å². The molecule has 0 aliphatic carbocycles. The van der Waals surface area contributed by atoms with Crippen LogP contribution in [0.4, 0.5) is 0 Å². The van der Waals surface area contributed by atoms with Gasteiger partial charge in [0, 0.05) is 32.2 Å². The molecule has 7 nitrogen and oxygen atoms in total. The molecule has 1 atom stereocenters. The summed E-state index contributed by atoms with van der Waals surface area (Å²) < 4.78 is 30.9. The molecule has 2 N–H and O–H groups in total. The molecule has 2 aliphatic heterocycles. The molecule has 8 heteroatoms. The van der Waals surface area contributed by atoms with Gasteiger partial charge in [0.2, 0.25) is 15.9 Å². The number of methoxy groups -OCH3 is 1. The molecule has 0 bridgehead atoms. The van der Waals surface area contributed by atoms with Gasteiger partial charge in [-0.1, -0.05) is 0 Å². The van der Waals surface area contributed by atoms with E-state index in [1.54, 1.807) is 14.0 Å². The minimum absolute atomic E-state index is 0.0144. The SMILES string of the molecule is CCS(=O)(=O)N1CCCC(C(=O)NCC2(COC)CCNCC2)C1. The molecule has 1 unspecified atom stereocenters. The number of nitrogens with one attached hydrogen (secondary N) is 2. The third kappa shape index (κ3) is 4.91. The largest absolute Gasteiger partial charge is 0.384 e. The number of piperidine rings is 2. The zero-order valence-electron chi connectivity index (χ0n) is 14.8. The van der Waals surface area contributed by atoms with Gasteiger partial charge in [-0.15, -0.1) is 0 Å². The van der Waals surface area contributed by atoms with Gasteiger partial charge in [0.1, 0.15) is 0 Å². The third-order valence-electron chi connectivity index (χ3n) is 5.27. The van der Waals surface area contributed by atoms with E-state index in [1.165, 1.54) is 4.31 Å². The van der Waals surface area contributed by atoms with Crippen LogP contribution in [0.1, 0.15) is 32.6 Å². The highest BCUT2D eigenvalue weighted by atomic mass is 32.2. The first-order valence-corrected chi connectivity index (χ1v) is 10.5. The zero-order valence-corrected chi connectivity index (χ0v) is 15.7. The minimum atomic E-state index is -3.22. The Morgan fingerprint density at radius 1 is 1.38 bits per heavy atom. The molecule has 0 spiro atoms. The van der Waals surface area contributed by atoms with Crippen molar-refractivity contribution < 1.29 is 17.9 Å². The lowest BCUT2D eigenvalue weighted by atomic mass is 9.79. The Morgan fingerprint density at radius 2 is 2.08 bits per heavy atom. The van der Waals surface area contributed by atoms with Crippen LogP contribution in [0.5, 0.6) is 0 Å². The predicted octanol–water partition coefficient (Wildman–Crippen LogP) is 0.181. The van der Waals surface area contributed by atoms with Crippen LogP contribution in [0, 0.1) is 11.3 Å². The van der Waals surface area contributed by atoms with Gasteiger partial charge in [0.25, 0.3) is 0 Å². The van der Waals surface area contributed by atoms with Crippen molar-refractivity contribution in [2.24, 2.45) is 11.3 Å². The normalized spacial score (nSPS) is 25.3. The van der Waals surface area contributed by atoms with Crippen LogP contribution in [0.25, 0.3) is 0 Å². The summed E-state index contributed by atoms with van der Waals surface area (Å²) in [4.78, 5) is 12.6. The van der Waals surface area contributed by atoms with Crippen molar-refractivity contribution in [3.8, 4) is 0 Å². The Morgan fingerprint density at radius 3 is 2.71 bits per heavy atom. The number of ether oxygens (including phenoxy) is 1. The van der Waals surface area contributed by atoms with Gasteiger partial charge < -0.3 is 15.4 Å². The molecule has 0 saturated carbocycles. The predicted molar refractivity (Wildman–Crippen MR) is 93.2 cm³/mol. The molecule has 140 valence electrons. The van der Waals surface area contributed by atoms with E-state index in [9.17, 15) is 13.2 Å². The second kappa shape index (κ2) is 8.60. The number of rotatable bonds is 7. The number of carbonyl (C=O) groups excluding carboxylic acids is 1. The van der Waals surface area contributed by atoms with E-state index in [1.807, 2.05) is 0 Å². The van der Waals surface area contributed by atoms with Gasteiger partial charge in [-0.25, -0.2) is 12.7 Å². The van der Waals surface area contributed by atoms with Crippen LogP contribution >= 0.6 is 0 Å². The molecule has 2 saturated heterocycles. The standard InChI is InChI=1S/C16H31N3O4S/c1-3-24(21,22)19-10-4-5-14(11-19)15(20)18-12-16(13-23-2)6-8-17-9-7-16/h14,17H,3-13H2,1-2H3,(H,18,20). The first-order valence-electron chi connectivity index (χ1n) is 8.88. The first-order chi connectivity index (χ1) is 11.4.